The van der Waals surface area contributed by atoms with Gasteiger partial charge in [0.1, 0.15) is 17.4 Å². The fourth-order valence-electron chi connectivity index (χ4n) is 1.83. The van der Waals surface area contributed by atoms with E-state index in [4.69, 9.17) is 16.3 Å². The first-order chi connectivity index (χ1) is 11.0. The Morgan fingerprint density at radius 1 is 1.39 bits per heavy atom. The fourth-order valence-corrected chi connectivity index (χ4v) is 2.92. The van der Waals surface area contributed by atoms with Crippen molar-refractivity contribution in [1.29, 1.82) is 0 Å². The Labute approximate surface area is 142 Å². The van der Waals surface area contributed by atoms with Crippen LogP contribution in [0.2, 0.25) is 5.02 Å². The number of carboxylic acid groups (broad SMARTS) is 1. The monoisotopic (exact) mass is 353 g/mol. The van der Waals surface area contributed by atoms with Crippen molar-refractivity contribution in [1.82, 2.24) is 10.3 Å². The van der Waals surface area contributed by atoms with E-state index >= 15 is 0 Å². The summed E-state index contributed by atoms with van der Waals surface area (Å²) in [7, 11) is 0. The first-order valence-corrected chi connectivity index (χ1v) is 7.98. The highest BCUT2D eigenvalue weighted by atomic mass is 35.5. The van der Waals surface area contributed by atoms with Crippen LogP contribution in [0.15, 0.2) is 24.3 Å². The minimum Gasteiger partial charge on any atom is -0.544 e. The highest BCUT2D eigenvalue weighted by Crippen LogP contribution is 2.22. The zero-order valence-electron chi connectivity index (χ0n) is 12.3. The molecule has 122 valence electrons. The van der Waals surface area contributed by atoms with Gasteiger partial charge in [-0.3, -0.25) is 4.79 Å². The molecule has 23 heavy (non-hydrogen) atoms. The molecule has 8 heteroatoms. The maximum absolute atomic E-state index is 11.8. The first-order valence-electron chi connectivity index (χ1n) is 6.79. The number of aryl methyl sites for hydroxylation is 1. The molecule has 1 N–H and O–H groups in total. The van der Waals surface area contributed by atoms with Gasteiger partial charge in [-0.1, -0.05) is 23.7 Å². The van der Waals surface area contributed by atoms with Gasteiger partial charge in [0.2, 0.25) is 5.91 Å². The maximum Gasteiger partial charge on any atom is 0.226 e. The highest BCUT2D eigenvalue weighted by Gasteiger charge is 2.11. The van der Waals surface area contributed by atoms with E-state index in [-0.39, 0.29) is 23.8 Å². The third-order valence-electron chi connectivity index (χ3n) is 2.86. The van der Waals surface area contributed by atoms with Gasteiger partial charge in [-0.05, 0) is 19.1 Å². The number of amides is 1. The van der Waals surface area contributed by atoms with Crippen molar-refractivity contribution < 1.29 is 19.4 Å². The van der Waals surface area contributed by atoms with Gasteiger partial charge in [-0.2, -0.15) is 0 Å². The maximum atomic E-state index is 11.8. The van der Waals surface area contributed by atoms with Gasteiger partial charge in [-0.15, -0.1) is 11.3 Å². The third kappa shape index (κ3) is 4.94. The second-order valence-corrected chi connectivity index (χ2v) is 6.11. The molecule has 0 aliphatic rings. The van der Waals surface area contributed by atoms with Gasteiger partial charge in [0.25, 0.3) is 0 Å². The molecular formula is C15H14ClN2O4S-. The SMILES string of the molecule is Cc1nc(CC(=O)NCCOc2ccccc2Cl)sc1C(=O)[O-]. The van der Waals surface area contributed by atoms with Crippen LogP contribution >= 0.6 is 22.9 Å². The van der Waals surface area contributed by atoms with Gasteiger partial charge in [0, 0.05) is 0 Å². The van der Waals surface area contributed by atoms with Crippen molar-refractivity contribution >= 4 is 34.8 Å². The molecule has 0 aliphatic heterocycles. The number of para-hydroxylation sites is 1. The average Bonchev–Trinajstić information content (AvgIpc) is 2.86. The van der Waals surface area contributed by atoms with Gasteiger partial charge < -0.3 is 20.0 Å². The van der Waals surface area contributed by atoms with Crippen LogP contribution < -0.4 is 15.2 Å². The van der Waals surface area contributed by atoms with Gasteiger partial charge in [0.15, 0.2) is 0 Å². The number of hydrogen-bond acceptors (Lipinski definition) is 6. The quantitative estimate of drug-likeness (QED) is 0.755. The van der Waals surface area contributed by atoms with E-state index in [0.717, 1.165) is 11.3 Å². The molecule has 0 saturated carbocycles. The molecule has 0 atom stereocenters. The van der Waals surface area contributed by atoms with E-state index in [9.17, 15) is 14.7 Å². The molecule has 0 unspecified atom stereocenters. The summed E-state index contributed by atoms with van der Waals surface area (Å²) >= 11 is 6.89. The number of carboxylic acids is 1. The third-order valence-corrected chi connectivity index (χ3v) is 4.31. The van der Waals surface area contributed by atoms with Gasteiger partial charge >= 0.3 is 0 Å². The van der Waals surface area contributed by atoms with Crippen molar-refractivity contribution in [3.63, 3.8) is 0 Å². The molecule has 0 bridgehead atoms. The Hall–Kier alpha value is -2.12. The second-order valence-electron chi connectivity index (χ2n) is 4.62. The van der Waals surface area contributed by atoms with Crippen LogP contribution in [0.4, 0.5) is 0 Å². The molecule has 0 fully saturated rings. The number of thiazole rings is 1. The predicted octanol–water partition coefficient (Wildman–Crippen LogP) is 1.21. The smallest absolute Gasteiger partial charge is 0.226 e. The molecule has 6 nitrogen and oxygen atoms in total. The van der Waals surface area contributed by atoms with E-state index in [1.807, 2.05) is 0 Å². The van der Waals surface area contributed by atoms with Crippen molar-refractivity contribution in [2.24, 2.45) is 0 Å². The highest BCUT2D eigenvalue weighted by molar-refractivity contribution is 7.13. The fraction of sp³-hybridized carbons (Fsp3) is 0.267. The van der Waals surface area contributed by atoms with Crippen LogP contribution in [0.5, 0.6) is 5.75 Å². The normalized spacial score (nSPS) is 10.3. The Morgan fingerprint density at radius 3 is 2.78 bits per heavy atom. The number of nitrogens with one attached hydrogen (secondary N) is 1. The van der Waals surface area contributed by atoms with E-state index in [1.165, 1.54) is 0 Å². The number of carbonyl (C=O) groups is 2. The summed E-state index contributed by atoms with van der Waals surface area (Å²) in [6.45, 7) is 2.15. The summed E-state index contributed by atoms with van der Waals surface area (Å²) in [6.07, 6.45) is 0.0187. The summed E-state index contributed by atoms with van der Waals surface area (Å²) in [5.74, 6) is -0.983. The minimum atomic E-state index is -1.28. The van der Waals surface area contributed by atoms with Crippen molar-refractivity contribution in [2.75, 3.05) is 13.2 Å². The van der Waals surface area contributed by atoms with Crippen LogP contribution in [0.25, 0.3) is 0 Å². The van der Waals surface area contributed by atoms with E-state index in [1.54, 1.807) is 31.2 Å². The Bertz CT molecular complexity index is 717. The molecule has 1 aromatic heterocycles. The number of rotatable bonds is 7. The van der Waals surface area contributed by atoms with Crippen LogP contribution in [-0.4, -0.2) is 30.0 Å². The lowest BCUT2D eigenvalue weighted by molar-refractivity contribution is -0.254. The summed E-state index contributed by atoms with van der Waals surface area (Å²) in [4.78, 5) is 26.7. The Morgan fingerprint density at radius 2 is 2.13 bits per heavy atom. The summed E-state index contributed by atoms with van der Waals surface area (Å²) in [5, 5.41) is 14.4. The van der Waals surface area contributed by atoms with E-state index < -0.39 is 5.97 Å². The van der Waals surface area contributed by atoms with Crippen molar-refractivity contribution in [3.8, 4) is 5.75 Å². The second kappa shape index (κ2) is 7.94. The van der Waals surface area contributed by atoms with Crippen LogP contribution in [0, 0.1) is 6.92 Å². The standard InChI is InChI=1S/C15H15ClN2O4S/c1-9-14(15(20)21)23-13(18-9)8-12(19)17-6-7-22-11-5-3-2-4-10(11)16/h2-5H,6-8H2,1H3,(H,17,19)(H,20,21)/p-1. The zero-order chi connectivity index (χ0) is 16.8. The minimum absolute atomic E-state index is 0.0187. The molecule has 0 radical (unpaired) electrons. The number of halogens is 1. The molecule has 1 heterocycles. The molecule has 0 spiro atoms. The number of hydrogen-bond donors (Lipinski definition) is 1. The molecule has 1 aromatic carbocycles. The lowest BCUT2D eigenvalue weighted by atomic mass is 10.3. The predicted molar refractivity (Wildman–Crippen MR) is 84.8 cm³/mol. The Balaban J connectivity index is 1.76. The first kappa shape index (κ1) is 17.2. The number of aromatic carboxylic acids is 1. The van der Waals surface area contributed by atoms with Gasteiger partial charge in [0.05, 0.1) is 34.5 Å². The summed E-state index contributed by atoms with van der Waals surface area (Å²) in [6, 6.07) is 7.06. The molecular weight excluding hydrogens is 340 g/mol. The number of nitrogens with zero attached hydrogens (tertiary/aromatic N) is 1. The topological polar surface area (TPSA) is 91.3 Å². The van der Waals surface area contributed by atoms with Gasteiger partial charge in [-0.25, -0.2) is 4.98 Å². The lowest BCUT2D eigenvalue weighted by Gasteiger charge is -2.08. The largest absolute Gasteiger partial charge is 0.544 e. The average molecular weight is 354 g/mol. The van der Waals surface area contributed by atoms with E-state index in [0.29, 0.717) is 28.0 Å². The number of aromatic nitrogens is 1. The van der Waals surface area contributed by atoms with Crippen LogP contribution in [-0.2, 0) is 11.2 Å². The molecule has 1 amide bonds. The molecule has 2 rings (SSSR count). The summed E-state index contributed by atoms with van der Waals surface area (Å²) < 4.78 is 5.45. The number of benzene rings is 1. The number of carbonyl (C=O) groups excluding carboxylic acids is 2. The summed E-state index contributed by atoms with van der Waals surface area (Å²) in [5.41, 5.74) is 0.361. The molecule has 2 aromatic rings. The number of ether oxygens (including phenoxy) is 1. The lowest BCUT2D eigenvalue weighted by Crippen LogP contribution is -2.29. The zero-order valence-corrected chi connectivity index (χ0v) is 13.9. The van der Waals surface area contributed by atoms with Crippen LogP contribution in [0.1, 0.15) is 20.4 Å². The molecule has 0 saturated heterocycles. The van der Waals surface area contributed by atoms with Crippen molar-refractivity contribution in [3.05, 3.63) is 44.9 Å². The Kier molecular flexibility index (Phi) is 5.95. The van der Waals surface area contributed by atoms with Crippen LogP contribution in [0.3, 0.4) is 0 Å². The van der Waals surface area contributed by atoms with E-state index in [2.05, 4.69) is 10.3 Å². The van der Waals surface area contributed by atoms with Crippen molar-refractivity contribution in [2.45, 2.75) is 13.3 Å². The molecule has 0 aliphatic carbocycles.